The fraction of sp³-hybridized carbons (Fsp3) is 0.417. The minimum absolute atomic E-state index is 0.271. The molecule has 1 atom stereocenters. The number of aromatic nitrogens is 4. The number of rotatable bonds is 5. The molecule has 0 aliphatic heterocycles. The van der Waals surface area contributed by atoms with Crippen LogP contribution in [-0.4, -0.2) is 32.8 Å². The molecular weight excluding hydrogens is 233 g/mol. The molecule has 18 heavy (non-hydrogen) atoms. The number of benzene rings is 1. The van der Waals surface area contributed by atoms with Crippen molar-refractivity contribution in [3.05, 3.63) is 30.1 Å². The third-order valence-corrected chi connectivity index (χ3v) is 2.55. The summed E-state index contributed by atoms with van der Waals surface area (Å²) in [4.78, 5) is 1.55. The van der Waals surface area contributed by atoms with Crippen LogP contribution in [0.5, 0.6) is 0 Å². The van der Waals surface area contributed by atoms with E-state index in [1.807, 2.05) is 0 Å². The predicted octanol–water partition coefficient (Wildman–Crippen LogP) is 1.48. The minimum atomic E-state index is -0.271. The van der Waals surface area contributed by atoms with E-state index >= 15 is 0 Å². The zero-order valence-corrected chi connectivity index (χ0v) is 10.5. The highest BCUT2D eigenvalue weighted by Gasteiger charge is 2.08. The zero-order valence-electron chi connectivity index (χ0n) is 10.5. The molecule has 1 aromatic heterocycles. The topological polar surface area (TPSA) is 55.6 Å². The average molecular weight is 249 g/mol. The van der Waals surface area contributed by atoms with Crippen LogP contribution in [0.25, 0.3) is 11.4 Å². The van der Waals surface area contributed by atoms with Gasteiger partial charge in [0.1, 0.15) is 5.82 Å². The first-order chi connectivity index (χ1) is 8.69. The van der Waals surface area contributed by atoms with Crippen LogP contribution in [0.2, 0.25) is 0 Å². The summed E-state index contributed by atoms with van der Waals surface area (Å²) in [6.07, 6.45) is 0. The maximum Gasteiger partial charge on any atom is 0.204 e. The molecule has 5 nitrogen and oxygen atoms in total. The van der Waals surface area contributed by atoms with Gasteiger partial charge in [0.15, 0.2) is 0 Å². The van der Waals surface area contributed by atoms with Crippen LogP contribution in [0, 0.1) is 5.82 Å². The number of tetrazole rings is 1. The van der Waals surface area contributed by atoms with E-state index in [1.54, 1.807) is 16.9 Å². The van der Waals surface area contributed by atoms with Crippen LogP contribution in [0.1, 0.15) is 13.8 Å². The summed E-state index contributed by atoms with van der Waals surface area (Å²) in [6, 6.07) is 6.34. The molecule has 96 valence electrons. The van der Waals surface area contributed by atoms with Gasteiger partial charge in [-0.05, 0) is 42.9 Å². The van der Waals surface area contributed by atoms with E-state index in [0.717, 1.165) is 12.1 Å². The molecule has 0 fully saturated rings. The fourth-order valence-corrected chi connectivity index (χ4v) is 1.69. The Hall–Kier alpha value is -1.82. The van der Waals surface area contributed by atoms with E-state index in [0.29, 0.717) is 12.4 Å². The first-order valence-electron chi connectivity index (χ1n) is 5.96. The third-order valence-electron chi connectivity index (χ3n) is 2.55. The molecule has 0 radical (unpaired) electrons. The van der Waals surface area contributed by atoms with Gasteiger partial charge in [-0.3, -0.25) is 0 Å². The maximum atomic E-state index is 12.8. The molecule has 0 aliphatic rings. The smallest absolute Gasteiger partial charge is 0.204 e. The molecule has 1 heterocycles. The standard InChI is InChI=1S/C12H16FN5/c1-3-14-9(2)8-18-16-12(15-17-18)10-4-6-11(13)7-5-10/h4-7,9,14H,3,8H2,1-2H3/t9-/m0/s1. The molecule has 2 rings (SSSR count). The van der Waals surface area contributed by atoms with Crippen LogP contribution in [0.4, 0.5) is 4.39 Å². The summed E-state index contributed by atoms with van der Waals surface area (Å²) in [5.41, 5.74) is 0.763. The normalized spacial score (nSPS) is 12.6. The largest absolute Gasteiger partial charge is 0.313 e. The summed E-state index contributed by atoms with van der Waals surface area (Å²) in [7, 11) is 0. The van der Waals surface area contributed by atoms with Gasteiger partial charge >= 0.3 is 0 Å². The van der Waals surface area contributed by atoms with E-state index < -0.39 is 0 Å². The van der Waals surface area contributed by atoms with Gasteiger partial charge in [0.05, 0.1) is 6.54 Å². The Balaban J connectivity index is 2.08. The van der Waals surface area contributed by atoms with Crippen LogP contribution < -0.4 is 5.32 Å². The summed E-state index contributed by atoms with van der Waals surface area (Å²) < 4.78 is 12.8. The molecule has 0 aliphatic carbocycles. The molecule has 0 unspecified atom stereocenters. The number of nitrogens with zero attached hydrogens (tertiary/aromatic N) is 4. The van der Waals surface area contributed by atoms with Gasteiger partial charge in [0.25, 0.3) is 0 Å². The summed E-state index contributed by atoms with van der Waals surface area (Å²) in [6.45, 7) is 5.67. The van der Waals surface area contributed by atoms with Crippen molar-refractivity contribution in [2.75, 3.05) is 6.54 Å². The molecule has 2 aromatic rings. The highest BCUT2D eigenvalue weighted by Crippen LogP contribution is 2.13. The SMILES string of the molecule is CCN[C@@H](C)Cn1nnc(-c2ccc(F)cc2)n1. The van der Waals surface area contributed by atoms with Crippen molar-refractivity contribution in [1.82, 2.24) is 25.5 Å². The van der Waals surface area contributed by atoms with Gasteiger partial charge in [-0.1, -0.05) is 6.92 Å². The lowest BCUT2D eigenvalue weighted by molar-refractivity contribution is 0.420. The molecule has 0 spiro atoms. The number of likely N-dealkylation sites (N-methyl/N-ethyl adjacent to an activating group) is 1. The summed E-state index contributed by atoms with van der Waals surface area (Å²) in [5.74, 6) is 0.241. The van der Waals surface area contributed by atoms with E-state index in [1.165, 1.54) is 12.1 Å². The van der Waals surface area contributed by atoms with E-state index in [9.17, 15) is 4.39 Å². The quantitative estimate of drug-likeness (QED) is 0.872. The summed E-state index contributed by atoms with van der Waals surface area (Å²) in [5, 5.41) is 15.5. The van der Waals surface area contributed by atoms with Crippen LogP contribution in [0.15, 0.2) is 24.3 Å². The number of halogens is 1. The highest BCUT2D eigenvalue weighted by molar-refractivity contribution is 5.53. The highest BCUT2D eigenvalue weighted by atomic mass is 19.1. The van der Waals surface area contributed by atoms with Crippen LogP contribution in [-0.2, 0) is 6.54 Å². The Labute approximate surface area is 105 Å². The van der Waals surface area contributed by atoms with Crippen molar-refractivity contribution >= 4 is 0 Å². The second-order valence-corrected chi connectivity index (χ2v) is 4.13. The monoisotopic (exact) mass is 249 g/mol. The fourth-order valence-electron chi connectivity index (χ4n) is 1.69. The maximum absolute atomic E-state index is 12.8. The number of hydrogen-bond acceptors (Lipinski definition) is 4. The van der Waals surface area contributed by atoms with Gasteiger partial charge in [0, 0.05) is 11.6 Å². The second kappa shape index (κ2) is 5.68. The lowest BCUT2D eigenvalue weighted by Gasteiger charge is -2.09. The van der Waals surface area contributed by atoms with Crippen molar-refractivity contribution < 1.29 is 4.39 Å². The van der Waals surface area contributed by atoms with Gasteiger partial charge < -0.3 is 5.32 Å². The molecule has 0 saturated heterocycles. The van der Waals surface area contributed by atoms with E-state index in [4.69, 9.17) is 0 Å². The van der Waals surface area contributed by atoms with Gasteiger partial charge in [-0.15, -0.1) is 10.2 Å². The molecule has 0 saturated carbocycles. The molecule has 0 amide bonds. The Morgan fingerprint density at radius 1 is 1.33 bits per heavy atom. The number of nitrogens with one attached hydrogen (secondary N) is 1. The van der Waals surface area contributed by atoms with Gasteiger partial charge in [0.2, 0.25) is 5.82 Å². The lowest BCUT2D eigenvalue weighted by atomic mass is 10.2. The van der Waals surface area contributed by atoms with Gasteiger partial charge in [-0.25, -0.2) is 4.39 Å². The van der Waals surface area contributed by atoms with Crippen molar-refractivity contribution in [3.63, 3.8) is 0 Å². The first kappa shape index (κ1) is 12.6. The zero-order chi connectivity index (χ0) is 13.0. The van der Waals surface area contributed by atoms with E-state index in [2.05, 4.69) is 34.6 Å². The Kier molecular flexibility index (Phi) is 3.99. The lowest BCUT2D eigenvalue weighted by Crippen LogP contribution is -2.30. The Morgan fingerprint density at radius 3 is 2.72 bits per heavy atom. The van der Waals surface area contributed by atoms with Crippen molar-refractivity contribution in [2.45, 2.75) is 26.4 Å². The second-order valence-electron chi connectivity index (χ2n) is 4.13. The summed E-state index contributed by atoms with van der Waals surface area (Å²) >= 11 is 0. The molecular formula is C12H16FN5. The molecule has 1 aromatic carbocycles. The third kappa shape index (κ3) is 3.10. The van der Waals surface area contributed by atoms with Crippen molar-refractivity contribution in [3.8, 4) is 11.4 Å². The Morgan fingerprint density at radius 2 is 2.06 bits per heavy atom. The van der Waals surface area contributed by atoms with Crippen LogP contribution >= 0.6 is 0 Å². The minimum Gasteiger partial charge on any atom is -0.313 e. The van der Waals surface area contributed by atoms with Crippen molar-refractivity contribution in [1.29, 1.82) is 0 Å². The predicted molar refractivity (Wildman–Crippen MR) is 66.3 cm³/mol. The number of hydrogen-bond donors (Lipinski definition) is 1. The van der Waals surface area contributed by atoms with Crippen LogP contribution in [0.3, 0.4) is 0 Å². The Bertz CT molecular complexity index is 493. The van der Waals surface area contributed by atoms with E-state index in [-0.39, 0.29) is 11.9 Å². The van der Waals surface area contributed by atoms with Crippen molar-refractivity contribution in [2.24, 2.45) is 0 Å². The molecule has 6 heteroatoms. The molecule has 0 bridgehead atoms. The first-order valence-corrected chi connectivity index (χ1v) is 5.96. The average Bonchev–Trinajstić information content (AvgIpc) is 2.78. The molecule has 1 N–H and O–H groups in total. The van der Waals surface area contributed by atoms with Gasteiger partial charge in [-0.2, -0.15) is 4.80 Å².